The molecule has 7 nitrogen and oxygen atoms in total. The summed E-state index contributed by atoms with van der Waals surface area (Å²) < 4.78 is 19.9. The predicted octanol–water partition coefficient (Wildman–Crippen LogP) is 2.20. The highest BCUT2D eigenvalue weighted by Gasteiger charge is 2.40. The number of halogens is 3. The molecule has 3 heterocycles. The number of hydrogen-bond acceptors (Lipinski definition) is 5. The lowest BCUT2D eigenvalue weighted by molar-refractivity contribution is -0.147. The van der Waals surface area contributed by atoms with Crippen LogP contribution in [0.15, 0.2) is 30.7 Å². The van der Waals surface area contributed by atoms with E-state index < -0.39 is 11.4 Å². The Hall–Kier alpha value is -1.74. The van der Waals surface area contributed by atoms with Crippen LogP contribution in [0.2, 0.25) is 0 Å². The molecule has 1 atom stereocenters. The number of carbonyl (C=O) groups excluding carboxylic acids is 1. The molecule has 0 spiro atoms. The van der Waals surface area contributed by atoms with E-state index in [1.807, 2.05) is 13.0 Å². The number of nitrogens with one attached hydrogen (secondary N) is 2. The van der Waals surface area contributed by atoms with E-state index in [9.17, 15) is 9.18 Å². The number of aromatic nitrogens is 3. The van der Waals surface area contributed by atoms with E-state index in [2.05, 4.69) is 20.7 Å². The van der Waals surface area contributed by atoms with Gasteiger partial charge < -0.3 is 15.4 Å². The summed E-state index contributed by atoms with van der Waals surface area (Å²) in [4.78, 5) is 17.0. The Bertz CT molecular complexity index is 735. The second-order valence-electron chi connectivity index (χ2n) is 6.20. The third kappa shape index (κ3) is 5.16. The number of pyridine rings is 1. The maximum Gasteiger partial charge on any atom is 0.252 e. The van der Waals surface area contributed by atoms with E-state index in [-0.39, 0.29) is 36.8 Å². The summed E-state index contributed by atoms with van der Waals surface area (Å²) in [5.41, 5.74) is 0.0735. The van der Waals surface area contributed by atoms with Gasteiger partial charge in [-0.15, -0.1) is 24.8 Å². The normalized spacial score (nSPS) is 16.6. The molecule has 0 radical (unpaired) electrons. The van der Waals surface area contributed by atoms with Crippen molar-refractivity contribution in [2.75, 3.05) is 20.2 Å². The SMILES string of the molecule is COC1(C(=O)N[C@@H](C)c2ccc(-n3cc(F)cn3)nc2)CCNCC1.Cl.Cl. The Morgan fingerprint density at radius 3 is 2.56 bits per heavy atom. The lowest BCUT2D eigenvalue weighted by atomic mass is 9.90. The van der Waals surface area contributed by atoms with Crippen molar-refractivity contribution in [2.45, 2.75) is 31.4 Å². The number of methoxy groups -OCH3 is 1. The van der Waals surface area contributed by atoms with Gasteiger partial charge in [-0.25, -0.2) is 14.1 Å². The fourth-order valence-electron chi connectivity index (χ4n) is 2.98. The molecule has 2 N–H and O–H groups in total. The van der Waals surface area contributed by atoms with Crippen LogP contribution in [-0.4, -0.2) is 46.5 Å². The second kappa shape index (κ2) is 9.98. The minimum absolute atomic E-state index is 0. The fourth-order valence-corrected chi connectivity index (χ4v) is 2.98. The fraction of sp³-hybridized carbons (Fsp3) is 0.471. The molecule has 10 heteroatoms. The Kier molecular flexibility index (Phi) is 8.61. The van der Waals surface area contributed by atoms with Gasteiger partial charge in [-0.1, -0.05) is 6.07 Å². The average Bonchev–Trinajstić information content (AvgIpc) is 3.08. The highest BCUT2D eigenvalue weighted by molar-refractivity contribution is 5.86. The smallest absolute Gasteiger partial charge is 0.252 e. The van der Waals surface area contributed by atoms with Crippen LogP contribution < -0.4 is 10.6 Å². The maximum atomic E-state index is 13.0. The van der Waals surface area contributed by atoms with Gasteiger partial charge in [-0.3, -0.25) is 4.79 Å². The van der Waals surface area contributed by atoms with Gasteiger partial charge in [-0.2, -0.15) is 5.10 Å². The lowest BCUT2D eigenvalue weighted by Gasteiger charge is -2.35. The van der Waals surface area contributed by atoms with Gasteiger partial charge >= 0.3 is 0 Å². The molecular weight excluding hydrogens is 396 g/mol. The average molecular weight is 420 g/mol. The topological polar surface area (TPSA) is 81.1 Å². The molecule has 0 aromatic carbocycles. The van der Waals surface area contributed by atoms with Gasteiger partial charge in [-0.05, 0) is 44.5 Å². The van der Waals surface area contributed by atoms with Gasteiger partial charge in [0.15, 0.2) is 11.6 Å². The summed E-state index contributed by atoms with van der Waals surface area (Å²) >= 11 is 0. The monoisotopic (exact) mass is 419 g/mol. The number of rotatable bonds is 5. The molecule has 1 aliphatic heterocycles. The van der Waals surface area contributed by atoms with Gasteiger partial charge in [0, 0.05) is 13.3 Å². The number of carbonyl (C=O) groups is 1. The third-order valence-electron chi connectivity index (χ3n) is 4.62. The van der Waals surface area contributed by atoms with Crippen LogP contribution in [-0.2, 0) is 9.53 Å². The van der Waals surface area contributed by atoms with Gasteiger partial charge in [0.1, 0.15) is 5.60 Å². The Morgan fingerprint density at radius 1 is 1.33 bits per heavy atom. The van der Waals surface area contributed by atoms with Crippen molar-refractivity contribution in [3.05, 3.63) is 42.1 Å². The minimum Gasteiger partial charge on any atom is -0.368 e. The zero-order valence-electron chi connectivity index (χ0n) is 15.1. The van der Waals surface area contributed by atoms with E-state index in [1.54, 1.807) is 19.4 Å². The molecule has 1 fully saturated rings. The molecule has 3 rings (SSSR count). The van der Waals surface area contributed by atoms with Crippen molar-refractivity contribution in [1.82, 2.24) is 25.4 Å². The highest BCUT2D eigenvalue weighted by atomic mass is 35.5. The highest BCUT2D eigenvalue weighted by Crippen LogP contribution is 2.24. The van der Waals surface area contributed by atoms with Crippen LogP contribution >= 0.6 is 24.8 Å². The van der Waals surface area contributed by atoms with Crippen molar-refractivity contribution in [1.29, 1.82) is 0 Å². The molecule has 0 unspecified atom stereocenters. The molecule has 0 aliphatic carbocycles. The molecule has 0 saturated carbocycles. The van der Waals surface area contributed by atoms with Gasteiger partial charge in [0.25, 0.3) is 5.91 Å². The molecule has 2 aromatic rings. The first-order chi connectivity index (χ1) is 12.0. The van der Waals surface area contributed by atoms with Crippen LogP contribution in [0.5, 0.6) is 0 Å². The molecule has 0 bridgehead atoms. The molecule has 27 heavy (non-hydrogen) atoms. The van der Waals surface area contributed by atoms with Gasteiger partial charge in [0.05, 0.1) is 18.4 Å². The number of piperidine rings is 1. The first kappa shape index (κ1) is 23.3. The van der Waals surface area contributed by atoms with Gasteiger partial charge in [0.2, 0.25) is 0 Å². The summed E-state index contributed by atoms with van der Waals surface area (Å²) in [7, 11) is 1.58. The van der Waals surface area contributed by atoms with E-state index in [0.29, 0.717) is 18.7 Å². The molecule has 1 aliphatic rings. The standard InChI is InChI=1S/C17H22FN5O2.2ClH/c1-12(22-16(24)17(25-2)5-7-19-8-6-17)13-3-4-15(20-9-13)23-11-14(18)10-21-23;;/h3-4,9-12,19H,5-8H2,1-2H3,(H,22,24);2*1H/t12-;;/m0../s1. The lowest BCUT2D eigenvalue weighted by Crippen LogP contribution is -2.54. The van der Waals surface area contributed by atoms with Crippen LogP contribution in [0.4, 0.5) is 4.39 Å². The van der Waals surface area contributed by atoms with E-state index in [4.69, 9.17) is 4.74 Å². The molecule has 1 amide bonds. The second-order valence-corrected chi connectivity index (χ2v) is 6.20. The van der Waals surface area contributed by atoms with Crippen molar-refractivity contribution in [3.63, 3.8) is 0 Å². The van der Waals surface area contributed by atoms with Crippen LogP contribution in [0.25, 0.3) is 5.82 Å². The first-order valence-corrected chi connectivity index (χ1v) is 8.27. The predicted molar refractivity (Wildman–Crippen MR) is 104 cm³/mol. The number of ether oxygens (including phenoxy) is 1. The summed E-state index contributed by atoms with van der Waals surface area (Å²) in [6, 6.07) is 3.36. The van der Waals surface area contributed by atoms with E-state index >= 15 is 0 Å². The number of amides is 1. The third-order valence-corrected chi connectivity index (χ3v) is 4.62. The Labute approximate surface area is 169 Å². The van der Waals surface area contributed by atoms with Crippen LogP contribution in [0.3, 0.4) is 0 Å². The molecule has 1 saturated heterocycles. The summed E-state index contributed by atoms with van der Waals surface area (Å²) in [6.45, 7) is 3.41. The quantitative estimate of drug-likeness (QED) is 0.775. The summed E-state index contributed by atoms with van der Waals surface area (Å²) in [5, 5.41) is 10.1. The van der Waals surface area contributed by atoms with E-state index in [1.165, 1.54) is 10.9 Å². The zero-order valence-corrected chi connectivity index (χ0v) is 16.8. The number of hydrogen-bond donors (Lipinski definition) is 2. The maximum absolute atomic E-state index is 13.0. The zero-order chi connectivity index (χ0) is 17.9. The van der Waals surface area contributed by atoms with Crippen LogP contribution in [0.1, 0.15) is 31.4 Å². The molecular formula is C17H24Cl2FN5O2. The Balaban J connectivity index is 0.00000182. The van der Waals surface area contributed by atoms with Crippen molar-refractivity contribution in [2.24, 2.45) is 0 Å². The molecule has 150 valence electrons. The first-order valence-electron chi connectivity index (χ1n) is 8.27. The summed E-state index contributed by atoms with van der Waals surface area (Å²) in [6.07, 6.45) is 5.32. The minimum atomic E-state index is -0.778. The Morgan fingerprint density at radius 2 is 2.04 bits per heavy atom. The van der Waals surface area contributed by atoms with Crippen LogP contribution in [0, 0.1) is 5.82 Å². The number of nitrogens with zero attached hydrogens (tertiary/aromatic N) is 3. The summed E-state index contributed by atoms with van der Waals surface area (Å²) in [5.74, 6) is -0.0153. The van der Waals surface area contributed by atoms with E-state index in [0.717, 1.165) is 24.8 Å². The van der Waals surface area contributed by atoms with Crippen molar-refractivity contribution >= 4 is 30.7 Å². The largest absolute Gasteiger partial charge is 0.368 e. The van der Waals surface area contributed by atoms with Crippen molar-refractivity contribution < 1.29 is 13.9 Å². The van der Waals surface area contributed by atoms with Crippen molar-refractivity contribution in [3.8, 4) is 5.82 Å². The molecule has 2 aromatic heterocycles.